The number of hydrogen-bond donors (Lipinski definition) is 0. The Balaban J connectivity index is 2.17. The van der Waals surface area contributed by atoms with Crippen LogP contribution >= 0.6 is 0 Å². The second-order valence-corrected chi connectivity index (χ2v) is 7.45. The molecule has 0 aromatic rings. The minimum atomic E-state index is 0.652. The molecular weight excluding hydrogens is 278 g/mol. The van der Waals surface area contributed by atoms with Crippen LogP contribution in [-0.2, 0) is 0 Å². The average molecular weight is 316 g/mol. The molecule has 1 aliphatic rings. The van der Waals surface area contributed by atoms with Gasteiger partial charge in [0.15, 0.2) is 0 Å². The topological polar surface area (TPSA) is 12.4 Å². The highest BCUT2D eigenvalue weighted by atomic mass is 14.8. The molecule has 1 fully saturated rings. The lowest BCUT2D eigenvalue weighted by Gasteiger charge is -2.21. The fourth-order valence-corrected chi connectivity index (χ4v) is 2.76. The van der Waals surface area contributed by atoms with Crippen LogP contribution in [0.2, 0.25) is 0 Å². The van der Waals surface area contributed by atoms with Gasteiger partial charge < -0.3 is 0 Å². The Labute approximate surface area is 144 Å². The van der Waals surface area contributed by atoms with Gasteiger partial charge in [0.05, 0.1) is 0 Å². The first-order valence-electron chi connectivity index (χ1n) is 9.45. The van der Waals surface area contributed by atoms with Gasteiger partial charge in [-0.15, -0.1) is 0 Å². The molecular formula is C22H37N. The average Bonchev–Trinajstić information content (AvgIpc) is 2.42. The quantitative estimate of drug-likeness (QED) is 0.298. The minimum Gasteiger partial charge on any atom is -0.291 e. The molecule has 0 N–H and O–H groups in total. The summed E-state index contributed by atoms with van der Waals surface area (Å²) in [5, 5.41) is 0. The van der Waals surface area contributed by atoms with Crippen LogP contribution in [0.15, 0.2) is 39.9 Å². The van der Waals surface area contributed by atoms with Crippen molar-refractivity contribution < 1.29 is 0 Å². The van der Waals surface area contributed by atoms with Crippen molar-refractivity contribution in [3.8, 4) is 0 Å². The van der Waals surface area contributed by atoms with Crippen LogP contribution in [0.25, 0.3) is 0 Å². The molecule has 0 atom stereocenters. The van der Waals surface area contributed by atoms with Gasteiger partial charge in [-0.3, -0.25) is 4.99 Å². The van der Waals surface area contributed by atoms with E-state index in [1.807, 2.05) is 0 Å². The molecule has 0 unspecified atom stereocenters. The molecule has 1 saturated carbocycles. The van der Waals surface area contributed by atoms with Crippen molar-refractivity contribution in [1.29, 1.82) is 0 Å². The molecule has 0 radical (unpaired) electrons. The van der Waals surface area contributed by atoms with Gasteiger partial charge in [-0.1, -0.05) is 34.9 Å². The van der Waals surface area contributed by atoms with Crippen LogP contribution in [0, 0.1) is 0 Å². The lowest BCUT2D eigenvalue weighted by Crippen LogP contribution is -2.16. The highest BCUT2D eigenvalue weighted by Gasteiger charge is 2.15. The Bertz CT molecular complexity index is 454. The van der Waals surface area contributed by atoms with Gasteiger partial charge in [-0.25, -0.2) is 0 Å². The Kier molecular flexibility index (Phi) is 9.91. The number of aliphatic imine (C=N–C) groups is 1. The zero-order chi connectivity index (χ0) is 17.1. The van der Waals surface area contributed by atoms with Crippen LogP contribution in [0.4, 0.5) is 0 Å². The smallest absolute Gasteiger partial charge is 0.0498 e. The first kappa shape index (κ1) is 19.9. The first-order valence-corrected chi connectivity index (χ1v) is 9.45. The van der Waals surface area contributed by atoms with E-state index in [1.165, 1.54) is 67.4 Å². The van der Waals surface area contributed by atoms with Gasteiger partial charge in [0.2, 0.25) is 0 Å². The van der Waals surface area contributed by atoms with Crippen molar-refractivity contribution in [3.05, 3.63) is 34.9 Å². The normalized spacial score (nSPS) is 17.2. The third-order valence-corrected chi connectivity index (χ3v) is 4.60. The largest absolute Gasteiger partial charge is 0.291 e. The van der Waals surface area contributed by atoms with E-state index in [-0.39, 0.29) is 0 Å². The Morgan fingerprint density at radius 3 is 1.78 bits per heavy atom. The van der Waals surface area contributed by atoms with Crippen molar-refractivity contribution in [2.24, 2.45) is 4.99 Å². The molecule has 0 heterocycles. The summed E-state index contributed by atoms with van der Waals surface area (Å²) in [6, 6.07) is 0.652. The van der Waals surface area contributed by atoms with Crippen LogP contribution in [0.5, 0.6) is 0 Å². The van der Waals surface area contributed by atoms with Gasteiger partial charge in [0.25, 0.3) is 0 Å². The molecule has 1 heteroatoms. The summed E-state index contributed by atoms with van der Waals surface area (Å²) in [4.78, 5) is 4.78. The van der Waals surface area contributed by atoms with Crippen molar-refractivity contribution in [1.82, 2.24) is 0 Å². The third kappa shape index (κ3) is 10.3. The Hall–Kier alpha value is -1.11. The number of nitrogens with zero attached hydrogens (tertiary/aromatic N) is 1. The van der Waals surface area contributed by atoms with Crippen LogP contribution in [-0.4, -0.2) is 11.8 Å². The van der Waals surface area contributed by atoms with Crippen molar-refractivity contribution in [2.75, 3.05) is 0 Å². The molecule has 1 rings (SSSR count). The summed E-state index contributed by atoms with van der Waals surface area (Å²) in [5.74, 6) is 0. The van der Waals surface area contributed by atoms with Crippen molar-refractivity contribution in [3.63, 3.8) is 0 Å². The van der Waals surface area contributed by atoms with Gasteiger partial charge >= 0.3 is 0 Å². The lowest BCUT2D eigenvalue weighted by molar-refractivity contribution is 0.419. The Morgan fingerprint density at radius 2 is 1.30 bits per heavy atom. The molecule has 1 nitrogen and oxygen atoms in total. The number of hydrogen-bond acceptors (Lipinski definition) is 1. The second kappa shape index (κ2) is 11.4. The predicted molar refractivity (Wildman–Crippen MR) is 105 cm³/mol. The first-order chi connectivity index (χ1) is 11.0. The maximum Gasteiger partial charge on any atom is 0.0498 e. The molecule has 130 valence electrons. The fraction of sp³-hybridized carbons (Fsp3) is 0.682. The Morgan fingerprint density at radius 1 is 0.783 bits per heavy atom. The summed E-state index contributed by atoms with van der Waals surface area (Å²) in [5.41, 5.74) is 5.81. The standard InChI is InChI=1S/C22H37N/c1-18(2)10-6-11-19(3)12-7-13-20(4)14-8-15-21(5)23-22-16-9-17-22/h10,12,14,22H,6-9,11,13,15-17H2,1-5H3/b19-12+,20-14+,23-21?. The second-order valence-electron chi connectivity index (χ2n) is 7.45. The van der Waals surface area contributed by atoms with E-state index in [1.54, 1.807) is 0 Å². The predicted octanol–water partition coefficient (Wildman–Crippen LogP) is 7.20. The van der Waals surface area contributed by atoms with Crippen molar-refractivity contribution >= 4 is 5.71 Å². The summed E-state index contributed by atoms with van der Waals surface area (Å²) in [6.07, 6.45) is 18.2. The van der Waals surface area contributed by atoms with E-state index >= 15 is 0 Å². The molecule has 23 heavy (non-hydrogen) atoms. The molecule has 0 aromatic carbocycles. The van der Waals surface area contributed by atoms with E-state index < -0.39 is 0 Å². The zero-order valence-corrected chi connectivity index (χ0v) is 16.1. The van der Waals surface area contributed by atoms with Gasteiger partial charge in [0, 0.05) is 11.8 Å². The van der Waals surface area contributed by atoms with Crippen LogP contribution in [0.1, 0.15) is 92.4 Å². The lowest BCUT2D eigenvalue weighted by atomic mass is 9.93. The van der Waals surface area contributed by atoms with Crippen LogP contribution < -0.4 is 0 Å². The van der Waals surface area contributed by atoms with Gasteiger partial charge in [0.1, 0.15) is 0 Å². The van der Waals surface area contributed by atoms with E-state index in [2.05, 4.69) is 52.8 Å². The van der Waals surface area contributed by atoms with Crippen molar-refractivity contribution in [2.45, 2.75) is 98.4 Å². The number of rotatable bonds is 10. The highest BCUT2D eigenvalue weighted by Crippen LogP contribution is 2.22. The maximum absolute atomic E-state index is 4.78. The molecule has 0 spiro atoms. The molecule has 0 amide bonds. The molecule has 0 aromatic heterocycles. The van der Waals surface area contributed by atoms with E-state index in [9.17, 15) is 0 Å². The van der Waals surface area contributed by atoms with Gasteiger partial charge in [-0.05, 0) is 92.4 Å². The summed E-state index contributed by atoms with van der Waals surface area (Å²) >= 11 is 0. The van der Waals surface area contributed by atoms with E-state index in [4.69, 9.17) is 4.99 Å². The fourth-order valence-electron chi connectivity index (χ4n) is 2.76. The molecule has 1 aliphatic carbocycles. The summed E-state index contributed by atoms with van der Waals surface area (Å²) in [6.45, 7) is 11.1. The number of allylic oxidation sites excluding steroid dienone is 6. The zero-order valence-electron chi connectivity index (χ0n) is 16.1. The molecule has 0 aliphatic heterocycles. The van der Waals surface area contributed by atoms with Gasteiger partial charge in [-0.2, -0.15) is 0 Å². The maximum atomic E-state index is 4.78. The van der Waals surface area contributed by atoms with Crippen LogP contribution in [0.3, 0.4) is 0 Å². The summed E-state index contributed by atoms with van der Waals surface area (Å²) in [7, 11) is 0. The van der Waals surface area contributed by atoms with E-state index in [0.717, 1.165) is 12.8 Å². The molecule has 0 bridgehead atoms. The molecule has 0 saturated heterocycles. The third-order valence-electron chi connectivity index (χ3n) is 4.60. The van der Waals surface area contributed by atoms with E-state index in [0.29, 0.717) is 6.04 Å². The summed E-state index contributed by atoms with van der Waals surface area (Å²) < 4.78 is 0. The monoisotopic (exact) mass is 315 g/mol. The SMILES string of the molecule is CC(C)=CCC/C(C)=C/CC/C(C)=C/CCC(C)=NC1CCC1. The highest BCUT2D eigenvalue weighted by molar-refractivity contribution is 5.82. The minimum absolute atomic E-state index is 0.652.